The van der Waals surface area contributed by atoms with Gasteiger partial charge in [-0.1, -0.05) is 12.1 Å². The number of benzene rings is 1. The smallest absolute Gasteiger partial charge is 0.0927 e. The molecule has 2 aromatic rings. The summed E-state index contributed by atoms with van der Waals surface area (Å²) >= 11 is 9.96. The molecule has 1 aromatic carbocycles. The zero-order valence-corrected chi connectivity index (χ0v) is 11.6. The summed E-state index contributed by atoms with van der Waals surface area (Å²) in [4.78, 5) is 3.80. The van der Waals surface area contributed by atoms with Crippen LogP contribution in [-0.2, 0) is 0 Å². The quantitative estimate of drug-likeness (QED) is 0.551. The van der Waals surface area contributed by atoms with E-state index in [9.17, 15) is 0 Å². The number of rotatable bonds is 3. The molecule has 0 amide bonds. The Labute approximate surface area is 110 Å². The second-order valence-corrected chi connectivity index (χ2v) is 6.22. The van der Waals surface area contributed by atoms with Gasteiger partial charge in [-0.05, 0) is 43.0 Å². The SMILES string of the molecule is CSc1ccc(C(Cl)c2ccc(C)s2)cc1. The van der Waals surface area contributed by atoms with E-state index in [1.165, 1.54) is 20.2 Å². The Morgan fingerprint density at radius 2 is 1.81 bits per heavy atom. The third-order valence-corrected chi connectivity index (χ3v) is 4.84. The summed E-state index contributed by atoms with van der Waals surface area (Å²) in [5.41, 5.74) is 1.17. The van der Waals surface area contributed by atoms with E-state index in [0.29, 0.717) is 0 Å². The van der Waals surface area contributed by atoms with Crippen molar-refractivity contribution in [3.05, 3.63) is 51.7 Å². The van der Waals surface area contributed by atoms with Gasteiger partial charge < -0.3 is 0 Å². The summed E-state index contributed by atoms with van der Waals surface area (Å²) in [5, 5.41) is -0.0189. The van der Waals surface area contributed by atoms with E-state index in [4.69, 9.17) is 11.6 Å². The Morgan fingerprint density at radius 3 is 2.31 bits per heavy atom. The molecule has 0 fully saturated rings. The Morgan fingerprint density at radius 1 is 1.12 bits per heavy atom. The third-order valence-electron chi connectivity index (χ3n) is 2.42. The zero-order valence-electron chi connectivity index (χ0n) is 9.24. The number of thioether (sulfide) groups is 1. The summed E-state index contributed by atoms with van der Waals surface area (Å²) < 4.78 is 0. The molecule has 1 heterocycles. The van der Waals surface area contributed by atoms with Gasteiger partial charge in [0.2, 0.25) is 0 Å². The Balaban J connectivity index is 2.23. The van der Waals surface area contributed by atoms with Gasteiger partial charge in [-0.3, -0.25) is 0 Å². The molecule has 3 heteroatoms. The Kier molecular flexibility index (Phi) is 3.95. The van der Waals surface area contributed by atoms with Crippen molar-refractivity contribution in [2.45, 2.75) is 17.2 Å². The van der Waals surface area contributed by atoms with Crippen molar-refractivity contribution in [1.29, 1.82) is 0 Å². The summed E-state index contributed by atoms with van der Waals surface area (Å²) in [5.74, 6) is 0. The number of alkyl halides is 1. The van der Waals surface area contributed by atoms with Crippen molar-refractivity contribution < 1.29 is 0 Å². The van der Waals surface area contributed by atoms with Crippen LogP contribution in [0.3, 0.4) is 0 Å². The molecule has 1 aromatic heterocycles. The molecule has 0 spiro atoms. The summed E-state index contributed by atoms with van der Waals surface area (Å²) in [6.07, 6.45) is 2.08. The van der Waals surface area contributed by atoms with Gasteiger partial charge in [-0.2, -0.15) is 0 Å². The first-order valence-electron chi connectivity index (χ1n) is 5.05. The second-order valence-electron chi connectivity index (χ2n) is 3.58. The van der Waals surface area contributed by atoms with Crippen molar-refractivity contribution in [2.75, 3.05) is 6.26 Å². The van der Waals surface area contributed by atoms with Crippen LogP contribution in [0.15, 0.2) is 41.3 Å². The molecule has 0 saturated carbocycles. The molecule has 84 valence electrons. The third kappa shape index (κ3) is 2.62. The fourth-order valence-corrected chi connectivity index (χ4v) is 3.17. The number of thiophene rings is 1. The standard InChI is InChI=1S/C13H13ClS2/c1-9-3-8-12(16-9)13(14)10-4-6-11(15-2)7-5-10/h3-8,13H,1-2H3. The molecule has 0 N–H and O–H groups in total. The highest BCUT2D eigenvalue weighted by Crippen LogP contribution is 2.34. The van der Waals surface area contributed by atoms with Crippen LogP contribution in [-0.4, -0.2) is 6.26 Å². The monoisotopic (exact) mass is 268 g/mol. The van der Waals surface area contributed by atoms with Gasteiger partial charge in [-0.25, -0.2) is 0 Å². The predicted octanol–water partition coefficient (Wildman–Crippen LogP) is 5.11. The molecule has 0 saturated heterocycles. The average molecular weight is 269 g/mol. The van der Waals surface area contributed by atoms with E-state index < -0.39 is 0 Å². The fourth-order valence-electron chi connectivity index (χ4n) is 1.53. The van der Waals surface area contributed by atoms with E-state index in [1.54, 1.807) is 23.1 Å². The molecule has 0 aliphatic rings. The largest absolute Gasteiger partial charge is 0.144 e. The highest BCUT2D eigenvalue weighted by atomic mass is 35.5. The van der Waals surface area contributed by atoms with E-state index in [1.807, 2.05) is 0 Å². The number of halogens is 1. The number of hydrogen-bond acceptors (Lipinski definition) is 2. The average Bonchev–Trinajstić information content (AvgIpc) is 2.75. The molecule has 2 rings (SSSR count). The van der Waals surface area contributed by atoms with E-state index in [0.717, 1.165) is 0 Å². The van der Waals surface area contributed by atoms with E-state index in [-0.39, 0.29) is 5.38 Å². The van der Waals surface area contributed by atoms with Crippen LogP contribution in [0.4, 0.5) is 0 Å². The van der Waals surface area contributed by atoms with Gasteiger partial charge in [0.25, 0.3) is 0 Å². The van der Waals surface area contributed by atoms with Crippen LogP contribution in [0.5, 0.6) is 0 Å². The molecule has 0 bridgehead atoms. The van der Waals surface area contributed by atoms with Gasteiger partial charge in [0, 0.05) is 14.6 Å². The van der Waals surface area contributed by atoms with Crippen molar-refractivity contribution in [3.8, 4) is 0 Å². The van der Waals surface area contributed by atoms with Crippen LogP contribution >= 0.6 is 34.7 Å². The maximum absolute atomic E-state index is 6.44. The van der Waals surface area contributed by atoms with Crippen LogP contribution in [0, 0.1) is 6.92 Å². The summed E-state index contributed by atoms with van der Waals surface area (Å²) in [7, 11) is 0. The highest BCUT2D eigenvalue weighted by Gasteiger charge is 2.12. The second kappa shape index (κ2) is 5.26. The van der Waals surface area contributed by atoms with Gasteiger partial charge in [0.15, 0.2) is 0 Å². The Hall–Kier alpha value is -0.440. The van der Waals surface area contributed by atoms with Gasteiger partial charge in [0.05, 0.1) is 5.38 Å². The Bertz CT molecular complexity index is 459. The minimum atomic E-state index is -0.0189. The first kappa shape index (κ1) is 12.0. The molecular formula is C13H13ClS2. The van der Waals surface area contributed by atoms with Gasteiger partial charge in [0.1, 0.15) is 0 Å². The number of hydrogen-bond donors (Lipinski definition) is 0. The molecule has 0 nitrogen and oxygen atoms in total. The number of aryl methyl sites for hydroxylation is 1. The minimum Gasteiger partial charge on any atom is -0.144 e. The fraction of sp³-hybridized carbons (Fsp3) is 0.231. The predicted molar refractivity (Wildman–Crippen MR) is 75.0 cm³/mol. The van der Waals surface area contributed by atoms with E-state index in [2.05, 4.69) is 49.6 Å². The van der Waals surface area contributed by atoms with E-state index >= 15 is 0 Å². The van der Waals surface area contributed by atoms with Gasteiger partial charge >= 0.3 is 0 Å². The van der Waals surface area contributed by atoms with Crippen molar-refractivity contribution >= 4 is 34.7 Å². The molecule has 0 aliphatic carbocycles. The minimum absolute atomic E-state index is 0.0189. The first-order valence-corrected chi connectivity index (χ1v) is 7.53. The molecule has 0 aliphatic heterocycles. The lowest BCUT2D eigenvalue weighted by atomic mass is 10.1. The van der Waals surface area contributed by atoms with Gasteiger partial charge in [-0.15, -0.1) is 34.7 Å². The molecular weight excluding hydrogens is 256 g/mol. The molecule has 1 unspecified atom stereocenters. The summed E-state index contributed by atoms with van der Waals surface area (Å²) in [6.45, 7) is 2.11. The van der Waals surface area contributed by atoms with Crippen LogP contribution in [0.1, 0.15) is 20.7 Å². The lowest BCUT2D eigenvalue weighted by Crippen LogP contribution is -1.89. The highest BCUT2D eigenvalue weighted by molar-refractivity contribution is 7.98. The maximum Gasteiger partial charge on any atom is 0.0927 e. The van der Waals surface area contributed by atoms with Crippen LogP contribution in [0.25, 0.3) is 0 Å². The maximum atomic E-state index is 6.44. The molecule has 1 atom stereocenters. The normalized spacial score (nSPS) is 12.7. The molecule has 16 heavy (non-hydrogen) atoms. The van der Waals surface area contributed by atoms with Crippen molar-refractivity contribution in [3.63, 3.8) is 0 Å². The van der Waals surface area contributed by atoms with Crippen LogP contribution < -0.4 is 0 Å². The lowest BCUT2D eigenvalue weighted by Gasteiger charge is -2.08. The van der Waals surface area contributed by atoms with Crippen molar-refractivity contribution in [1.82, 2.24) is 0 Å². The first-order chi connectivity index (χ1) is 7.70. The summed E-state index contributed by atoms with van der Waals surface area (Å²) in [6, 6.07) is 12.7. The zero-order chi connectivity index (χ0) is 11.5. The van der Waals surface area contributed by atoms with Crippen LogP contribution in [0.2, 0.25) is 0 Å². The lowest BCUT2D eigenvalue weighted by molar-refractivity contribution is 1.17. The topological polar surface area (TPSA) is 0 Å². The van der Waals surface area contributed by atoms with Crippen molar-refractivity contribution in [2.24, 2.45) is 0 Å². The molecule has 0 radical (unpaired) electrons.